The molecule has 0 radical (unpaired) electrons. The van der Waals surface area contributed by atoms with E-state index in [2.05, 4.69) is 26.2 Å². The Labute approximate surface area is 126 Å². The zero-order valence-corrected chi connectivity index (χ0v) is 12.5. The third-order valence-corrected chi connectivity index (χ3v) is 4.33. The van der Waals surface area contributed by atoms with Gasteiger partial charge in [0, 0.05) is 23.7 Å². The van der Waals surface area contributed by atoms with E-state index in [-0.39, 0.29) is 18.3 Å². The molecule has 0 fully saturated rings. The molecule has 2 heterocycles. The molecule has 0 spiro atoms. The summed E-state index contributed by atoms with van der Waals surface area (Å²) in [4.78, 5) is 17.0. The van der Waals surface area contributed by atoms with Crippen molar-refractivity contribution in [3.05, 3.63) is 57.5 Å². The van der Waals surface area contributed by atoms with E-state index in [0.29, 0.717) is 15.9 Å². The summed E-state index contributed by atoms with van der Waals surface area (Å²) < 4.78 is 15.8. The number of carbonyl (C=O) groups excluding carboxylic acids is 1. The molecule has 20 heavy (non-hydrogen) atoms. The van der Waals surface area contributed by atoms with E-state index in [1.807, 2.05) is 11.6 Å². The number of benzene rings is 1. The van der Waals surface area contributed by atoms with Crippen LogP contribution >= 0.6 is 27.3 Å². The fraction of sp³-hybridized carbons (Fsp3) is 0.0769. The van der Waals surface area contributed by atoms with Gasteiger partial charge in [-0.05, 0) is 22.0 Å². The van der Waals surface area contributed by atoms with E-state index >= 15 is 0 Å². The molecule has 3 rings (SSSR count). The Balaban J connectivity index is 1.78. The predicted octanol–water partition coefficient (Wildman–Crippen LogP) is 3.23. The molecule has 102 valence electrons. The van der Waals surface area contributed by atoms with Gasteiger partial charge in [-0.15, -0.1) is 11.3 Å². The summed E-state index contributed by atoms with van der Waals surface area (Å²) in [6.45, 7) is 0.128. The number of carbonyl (C=O) groups is 1. The third kappa shape index (κ3) is 2.34. The highest BCUT2D eigenvalue weighted by atomic mass is 79.9. The minimum Gasteiger partial charge on any atom is -0.346 e. The molecule has 0 aliphatic heterocycles. The first-order chi connectivity index (χ1) is 9.66. The van der Waals surface area contributed by atoms with E-state index in [9.17, 15) is 9.18 Å². The van der Waals surface area contributed by atoms with Crippen LogP contribution in [0.5, 0.6) is 0 Å². The van der Waals surface area contributed by atoms with Crippen molar-refractivity contribution < 1.29 is 9.18 Å². The second kappa shape index (κ2) is 5.34. The molecule has 0 aliphatic rings. The number of rotatable bonds is 3. The summed E-state index contributed by atoms with van der Waals surface area (Å²) in [6, 6.07) is 6.34. The molecule has 2 aromatic heterocycles. The summed E-state index contributed by atoms with van der Waals surface area (Å²) in [7, 11) is 0. The van der Waals surface area contributed by atoms with Crippen LogP contribution in [-0.4, -0.2) is 15.3 Å². The second-order valence-corrected chi connectivity index (χ2v) is 5.71. The maximum absolute atomic E-state index is 13.5. The number of aromatic nitrogens is 2. The lowest BCUT2D eigenvalue weighted by Crippen LogP contribution is -2.24. The standard InChI is InChI=1S/C13H9BrFN3OS/c14-11-10(17-13-18(11)5-6-20-13)12(19)16-7-8-3-1-2-4-9(8)15/h1-6H,7H2,(H,16,19). The number of imidazole rings is 1. The van der Waals surface area contributed by atoms with Crippen LogP contribution in [0.4, 0.5) is 4.39 Å². The molecule has 1 aromatic carbocycles. The highest BCUT2D eigenvalue weighted by Gasteiger charge is 2.17. The van der Waals surface area contributed by atoms with E-state index in [0.717, 1.165) is 4.96 Å². The Kier molecular flexibility index (Phi) is 3.54. The van der Waals surface area contributed by atoms with E-state index in [1.54, 1.807) is 22.6 Å². The van der Waals surface area contributed by atoms with Gasteiger partial charge in [-0.2, -0.15) is 0 Å². The Bertz CT molecular complexity index is 783. The van der Waals surface area contributed by atoms with Gasteiger partial charge in [-0.3, -0.25) is 9.20 Å². The number of nitrogens with zero attached hydrogens (tertiary/aromatic N) is 2. The Morgan fingerprint density at radius 3 is 3.00 bits per heavy atom. The van der Waals surface area contributed by atoms with Crippen molar-refractivity contribution in [1.82, 2.24) is 14.7 Å². The lowest BCUT2D eigenvalue weighted by Gasteiger charge is -2.04. The first kappa shape index (κ1) is 13.3. The molecular weight excluding hydrogens is 345 g/mol. The van der Waals surface area contributed by atoms with Crippen molar-refractivity contribution in [1.29, 1.82) is 0 Å². The van der Waals surface area contributed by atoms with E-state index < -0.39 is 0 Å². The SMILES string of the molecule is O=C(NCc1ccccc1F)c1nc2sccn2c1Br. The number of fused-ring (bicyclic) bond motifs is 1. The van der Waals surface area contributed by atoms with Gasteiger partial charge in [0.05, 0.1) is 0 Å². The Morgan fingerprint density at radius 1 is 1.45 bits per heavy atom. The lowest BCUT2D eigenvalue weighted by atomic mass is 10.2. The molecule has 0 unspecified atom stereocenters. The smallest absolute Gasteiger partial charge is 0.273 e. The molecule has 0 saturated carbocycles. The number of hydrogen-bond acceptors (Lipinski definition) is 3. The van der Waals surface area contributed by atoms with Crippen molar-refractivity contribution in [2.75, 3.05) is 0 Å². The fourth-order valence-electron chi connectivity index (χ4n) is 1.80. The number of hydrogen-bond donors (Lipinski definition) is 1. The summed E-state index contributed by atoms with van der Waals surface area (Å²) in [5.74, 6) is -0.672. The molecule has 3 aromatic rings. The van der Waals surface area contributed by atoms with Crippen LogP contribution < -0.4 is 5.32 Å². The minimum atomic E-state index is -0.337. The van der Waals surface area contributed by atoms with Crippen LogP contribution in [0.3, 0.4) is 0 Å². The van der Waals surface area contributed by atoms with Crippen LogP contribution in [-0.2, 0) is 6.54 Å². The topological polar surface area (TPSA) is 46.4 Å². The average molecular weight is 354 g/mol. The Hall–Kier alpha value is -1.73. The predicted molar refractivity (Wildman–Crippen MR) is 78.3 cm³/mol. The maximum Gasteiger partial charge on any atom is 0.273 e. The molecular formula is C13H9BrFN3OS. The molecule has 0 bridgehead atoms. The number of thiazole rings is 1. The summed E-state index contributed by atoms with van der Waals surface area (Å²) in [5, 5.41) is 4.55. The van der Waals surface area contributed by atoms with E-state index in [1.165, 1.54) is 17.4 Å². The quantitative estimate of drug-likeness (QED) is 0.785. The normalized spacial score (nSPS) is 10.9. The van der Waals surface area contributed by atoms with Gasteiger partial charge >= 0.3 is 0 Å². The molecule has 7 heteroatoms. The van der Waals surface area contributed by atoms with Crippen molar-refractivity contribution in [3.8, 4) is 0 Å². The summed E-state index contributed by atoms with van der Waals surface area (Å²) >= 11 is 4.78. The minimum absolute atomic E-state index is 0.128. The molecule has 0 aliphatic carbocycles. The third-order valence-electron chi connectivity index (χ3n) is 2.82. The first-order valence-corrected chi connectivity index (χ1v) is 7.46. The summed E-state index contributed by atoms with van der Waals surface area (Å²) in [5.41, 5.74) is 0.742. The van der Waals surface area contributed by atoms with Crippen LogP contribution in [0.15, 0.2) is 40.4 Å². The van der Waals surface area contributed by atoms with Gasteiger partial charge < -0.3 is 5.32 Å². The molecule has 1 N–H and O–H groups in total. The monoisotopic (exact) mass is 353 g/mol. The highest BCUT2D eigenvalue weighted by molar-refractivity contribution is 9.10. The van der Waals surface area contributed by atoms with Crippen molar-refractivity contribution >= 4 is 38.1 Å². The van der Waals surface area contributed by atoms with E-state index in [4.69, 9.17) is 0 Å². The maximum atomic E-state index is 13.5. The van der Waals surface area contributed by atoms with Crippen LogP contribution in [0.1, 0.15) is 16.1 Å². The highest BCUT2D eigenvalue weighted by Crippen LogP contribution is 2.22. The van der Waals surface area contributed by atoms with Crippen molar-refractivity contribution in [2.45, 2.75) is 6.54 Å². The zero-order valence-electron chi connectivity index (χ0n) is 10.1. The summed E-state index contributed by atoms with van der Waals surface area (Å²) in [6.07, 6.45) is 1.82. The Morgan fingerprint density at radius 2 is 2.25 bits per heavy atom. The van der Waals surface area contributed by atoms with Crippen molar-refractivity contribution in [3.63, 3.8) is 0 Å². The van der Waals surface area contributed by atoms with Gasteiger partial charge in [0.25, 0.3) is 5.91 Å². The van der Waals surface area contributed by atoms with Gasteiger partial charge in [0.1, 0.15) is 10.4 Å². The number of nitrogens with one attached hydrogen (secondary N) is 1. The molecule has 4 nitrogen and oxygen atoms in total. The van der Waals surface area contributed by atoms with Crippen LogP contribution in [0.2, 0.25) is 0 Å². The molecule has 0 atom stereocenters. The molecule has 1 amide bonds. The zero-order chi connectivity index (χ0) is 14.1. The van der Waals surface area contributed by atoms with Crippen molar-refractivity contribution in [2.24, 2.45) is 0 Å². The van der Waals surface area contributed by atoms with Gasteiger partial charge in [-0.1, -0.05) is 18.2 Å². The van der Waals surface area contributed by atoms with Crippen LogP contribution in [0, 0.1) is 5.82 Å². The van der Waals surface area contributed by atoms with Gasteiger partial charge in [0.15, 0.2) is 10.7 Å². The number of amides is 1. The van der Waals surface area contributed by atoms with Gasteiger partial charge in [-0.25, -0.2) is 9.37 Å². The van der Waals surface area contributed by atoms with Gasteiger partial charge in [0.2, 0.25) is 0 Å². The largest absolute Gasteiger partial charge is 0.346 e. The fourth-order valence-corrected chi connectivity index (χ4v) is 3.19. The first-order valence-electron chi connectivity index (χ1n) is 5.79. The molecule has 0 saturated heterocycles. The second-order valence-electron chi connectivity index (χ2n) is 4.08. The van der Waals surface area contributed by atoms with Crippen LogP contribution in [0.25, 0.3) is 4.96 Å². The number of halogens is 2. The average Bonchev–Trinajstić information content (AvgIpc) is 3.01. The lowest BCUT2D eigenvalue weighted by molar-refractivity contribution is 0.0945.